The van der Waals surface area contributed by atoms with Gasteiger partial charge in [0.15, 0.2) is 0 Å². The number of aliphatic hydroxyl groups excluding tert-OH is 1. The standard InChI is InChI=1S/C11H13FO2/c1-7-2-8-3-10(12)9(5-13)4-11(8)14-6-7/h3-4,7,13H,2,5-6H2,1H3. The molecule has 1 aliphatic heterocycles. The lowest BCUT2D eigenvalue weighted by Crippen LogP contribution is -2.18. The number of ether oxygens (including phenoxy) is 1. The Morgan fingerprint density at radius 3 is 3.07 bits per heavy atom. The van der Waals surface area contributed by atoms with E-state index in [1.807, 2.05) is 0 Å². The van der Waals surface area contributed by atoms with E-state index in [1.54, 1.807) is 6.07 Å². The Balaban J connectivity index is 2.40. The Kier molecular flexibility index (Phi) is 2.42. The van der Waals surface area contributed by atoms with Crippen molar-refractivity contribution in [1.29, 1.82) is 0 Å². The van der Waals surface area contributed by atoms with Gasteiger partial charge in [0.25, 0.3) is 0 Å². The van der Waals surface area contributed by atoms with Gasteiger partial charge in [0, 0.05) is 5.56 Å². The second-order valence-electron chi connectivity index (χ2n) is 3.83. The summed E-state index contributed by atoms with van der Waals surface area (Å²) in [6.07, 6.45) is 0.845. The van der Waals surface area contributed by atoms with Crippen molar-refractivity contribution in [2.24, 2.45) is 5.92 Å². The normalized spacial score (nSPS) is 20.1. The second kappa shape index (κ2) is 3.58. The highest BCUT2D eigenvalue weighted by molar-refractivity contribution is 5.39. The zero-order chi connectivity index (χ0) is 10.1. The monoisotopic (exact) mass is 196 g/mol. The molecule has 3 heteroatoms. The SMILES string of the molecule is CC1COc2cc(CO)c(F)cc2C1. The Bertz CT molecular complexity index is 349. The number of rotatable bonds is 1. The van der Waals surface area contributed by atoms with Crippen LogP contribution in [0.5, 0.6) is 5.75 Å². The van der Waals surface area contributed by atoms with Crippen LogP contribution in [0.25, 0.3) is 0 Å². The van der Waals surface area contributed by atoms with Crippen LogP contribution in [-0.2, 0) is 13.0 Å². The number of hydrogen-bond acceptors (Lipinski definition) is 2. The predicted octanol–water partition coefficient (Wildman–Crippen LogP) is 1.89. The predicted molar refractivity (Wildman–Crippen MR) is 50.7 cm³/mol. The fraction of sp³-hybridized carbons (Fsp3) is 0.455. The van der Waals surface area contributed by atoms with Crippen molar-refractivity contribution >= 4 is 0 Å². The molecular formula is C11H13FO2. The van der Waals surface area contributed by atoms with Crippen molar-refractivity contribution in [3.05, 3.63) is 29.1 Å². The van der Waals surface area contributed by atoms with Crippen LogP contribution in [0.2, 0.25) is 0 Å². The lowest BCUT2D eigenvalue weighted by molar-refractivity contribution is 0.230. The van der Waals surface area contributed by atoms with Gasteiger partial charge in [-0.15, -0.1) is 0 Å². The van der Waals surface area contributed by atoms with Gasteiger partial charge in [-0.05, 0) is 30.0 Å². The lowest BCUT2D eigenvalue weighted by atomic mass is 9.97. The summed E-state index contributed by atoms with van der Waals surface area (Å²) in [5.41, 5.74) is 1.21. The fourth-order valence-corrected chi connectivity index (χ4v) is 1.72. The van der Waals surface area contributed by atoms with Crippen molar-refractivity contribution in [2.45, 2.75) is 20.0 Å². The maximum Gasteiger partial charge on any atom is 0.129 e. The molecule has 0 radical (unpaired) electrons. The van der Waals surface area contributed by atoms with E-state index in [1.165, 1.54) is 6.07 Å². The molecule has 0 saturated heterocycles. The lowest BCUT2D eigenvalue weighted by Gasteiger charge is -2.23. The summed E-state index contributed by atoms with van der Waals surface area (Å²) in [6.45, 7) is 2.46. The van der Waals surface area contributed by atoms with Crippen LogP contribution in [0.15, 0.2) is 12.1 Å². The molecule has 0 saturated carbocycles. The van der Waals surface area contributed by atoms with Gasteiger partial charge < -0.3 is 9.84 Å². The molecule has 14 heavy (non-hydrogen) atoms. The van der Waals surface area contributed by atoms with Crippen molar-refractivity contribution in [2.75, 3.05) is 6.61 Å². The average molecular weight is 196 g/mol. The van der Waals surface area contributed by atoms with E-state index < -0.39 is 0 Å². The number of aliphatic hydroxyl groups is 1. The molecule has 1 atom stereocenters. The van der Waals surface area contributed by atoms with Crippen LogP contribution >= 0.6 is 0 Å². The molecule has 0 spiro atoms. The summed E-state index contributed by atoms with van der Waals surface area (Å²) < 4.78 is 18.7. The Labute approximate surface area is 82.3 Å². The molecular weight excluding hydrogens is 183 g/mol. The first-order valence-corrected chi connectivity index (χ1v) is 4.75. The third-order valence-electron chi connectivity index (χ3n) is 2.49. The summed E-state index contributed by atoms with van der Waals surface area (Å²) >= 11 is 0. The van der Waals surface area contributed by atoms with Gasteiger partial charge in [0.2, 0.25) is 0 Å². The van der Waals surface area contributed by atoms with Gasteiger partial charge >= 0.3 is 0 Å². The Morgan fingerprint density at radius 1 is 1.57 bits per heavy atom. The van der Waals surface area contributed by atoms with Crippen LogP contribution in [-0.4, -0.2) is 11.7 Å². The highest BCUT2D eigenvalue weighted by Gasteiger charge is 2.18. The maximum atomic E-state index is 13.3. The van der Waals surface area contributed by atoms with E-state index in [-0.39, 0.29) is 12.4 Å². The molecule has 1 heterocycles. The molecule has 0 aromatic heterocycles. The van der Waals surface area contributed by atoms with Gasteiger partial charge in [-0.1, -0.05) is 6.92 Å². The first-order valence-electron chi connectivity index (χ1n) is 4.75. The number of halogens is 1. The zero-order valence-corrected chi connectivity index (χ0v) is 8.09. The molecule has 1 aliphatic rings. The third kappa shape index (κ3) is 1.60. The highest BCUT2D eigenvalue weighted by Crippen LogP contribution is 2.29. The molecule has 2 rings (SSSR count). The van der Waals surface area contributed by atoms with Crippen LogP contribution < -0.4 is 4.74 Å². The van der Waals surface area contributed by atoms with E-state index in [0.29, 0.717) is 23.8 Å². The van der Waals surface area contributed by atoms with E-state index in [4.69, 9.17) is 9.84 Å². The number of benzene rings is 1. The molecule has 1 aromatic rings. The van der Waals surface area contributed by atoms with Gasteiger partial charge in [0.1, 0.15) is 11.6 Å². The van der Waals surface area contributed by atoms with Crippen LogP contribution in [0.1, 0.15) is 18.1 Å². The minimum atomic E-state index is -0.344. The van der Waals surface area contributed by atoms with E-state index in [9.17, 15) is 4.39 Å². The maximum absolute atomic E-state index is 13.3. The molecule has 0 aliphatic carbocycles. The molecule has 1 aromatic carbocycles. The van der Waals surface area contributed by atoms with E-state index in [2.05, 4.69) is 6.92 Å². The minimum absolute atomic E-state index is 0.280. The summed E-state index contributed by atoms with van der Waals surface area (Å²) in [5.74, 6) is 0.805. The van der Waals surface area contributed by atoms with Crippen molar-refractivity contribution in [3.8, 4) is 5.75 Å². The fourth-order valence-electron chi connectivity index (χ4n) is 1.72. The van der Waals surface area contributed by atoms with Crippen LogP contribution in [0.4, 0.5) is 4.39 Å². The van der Waals surface area contributed by atoms with Crippen molar-refractivity contribution in [1.82, 2.24) is 0 Å². The van der Waals surface area contributed by atoms with Gasteiger partial charge in [-0.2, -0.15) is 0 Å². The van der Waals surface area contributed by atoms with E-state index in [0.717, 1.165) is 12.0 Å². The largest absolute Gasteiger partial charge is 0.493 e. The van der Waals surface area contributed by atoms with Crippen LogP contribution in [0, 0.1) is 11.7 Å². The highest BCUT2D eigenvalue weighted by atomic mass is 19.1. The third-order valence-corrected chi connectivity index (χ3v) is 2.49. The minimum Gasteiger partial charge on any atom is -0.493 e. The van der Waals surface area contributed by atoms with Gasteiger partial charge in [-0.3, -0.25) is 0 Å². The first-order chi connectivity index (χ1) is 6.70. The quantitative estimate of drug-likeness (QED) is 0.743. The second-order valence-corrected chi connectivity index (χ2v) is 3.83. The Morgan fingerprint density at radius 2 is 2.36 bits per heavy atom. The summed E-state index contributed by atoms with van der Waals surface area (Å²) in [6, 6.07) is 3.06. The average Bonchev–Trinajstić information content (AvgIpc) is 2.16. The molecule has 0 amide bonds. The van der Waals surface area contributed by atoms with Gasteiger partial charge in [0.05, 0.1) is 13.2 Å². The van der Waals surface area contributed by atoms with E-state index >= 15 is 0 Å². The number of fused-ring (bicyclic) bond motifs is 1. The molecule has 76 valence electrons. The summed E-state index contributed by atoms with van der Waals surface area (Å²) in [7, 11) is 0. The van der Waals surface area contributed by atoms with Crippen molar-refractivity contribution in [3.63, 3.8) is 0 Å². The topological polar surface area (TPSA) is 29.5 Å². The first kappa shape index (κ1) is 9.46. The molecule has 2 nitrogen and oxygen atoms in total. The number of hydrogen-bond donors (Lipinski definition) is 1. The molecule has 1 N–H and O–H groups in total. The molecule has 0 bridgehead atoms. The summed E-state index contributed by atoms with van der Waals surface area (Å²) in [5, 5.41) is 8.88. The van der Waals surface area contributed by atoms with Crippen LogP contribution in [0.3, 0.4) is 0 Å². The molecule has 0 fully saturated rings. The van der Waals surface area contributed by atoms with Gasteiger partial charge in [-0.25, -0.2) is 4.39 Å². The summed E-state index contributed by atoms with van der Waals surface area (Å²) in [4.78, 5) is 0. The van der Waals surface area contributed by atoms with Crippen molar-refractivity contribution < 1.29 is 14.2 Å². The Hall–Kier alpha value is -1.09. The zero-order valence-electron chi connectivity index (χ0n) is 8.09. The molecule has 1 unspecified atom stereocenters. The smallest absolute Gasteiger partial charge is 0.129 e.